The summed E-state index contributed by atoms with van der Waals surface area (Å²) in [5, 5.41) is 3.48. The number of halogens is 1. The molecule has 1 aliphatic carbocycles. The number of aryl methyl sites for hydroxylation is 1. The summed E-state index contributed by atoms with van der Waals surface area (Å²) < 4.78 is 13.9. The van der Waals surface area contributed by atoms with Gasteiger partial charge in [-0.3, -0.25) is 0 Å². The molecule has 21 heavy (non-hydrogen) atoms. The number of likely N-dealkylation sites (N-methyl/N-ethyl adjacent to an activating group) is 2. The maximum absolute atomic E-state index is 13.9. The highest BCUT2D eigenvalue weighted by Crippen LogP contribution is 2.41. The van der Waals surface area contributed by atoms with Crippen molar-refractivity contribution < 1.29 is 4.39 Å². The zero-order chi connectivity index (χ0) is 15.5. The third kappa shape index (κ3) is 3.46. The van der Waals surface area contributed by atoms with Gasteiger partial charge >= 0.3 is 0 Å². The molecule has 2 nitrogen and oxygen atoms in total. The lowest BCUT2D eigenvalue weighted by atomic mass is 9.78. The molecule has 2 rings (SSSR count). The van der Waals surface area contributed by atoms with Crippen LogP contribution in [0.15, 0.2) is 18.2 Å². The van der Waals surface area contributed by atoms with E-state index in [0.29, 0.717) is 0 Å². The fourth-order valence-corrected chi connectivity index (χ4v) is 4.01. The smallest absolute Gasteiger partial charge is 0.123 e. The quantitative estimate of drug-likeness (QED) is 0.842. The summed E-state index contributed by atoms with van der Waals surface area (Å²) in [4.78, 5) is 2.36. The molecule has 1 N–H and O–H groups in total. The molecule has 1 unspecified atom stereocenters. The van der Waals surface area contributed by atoms with Crippen LogP contribution in [0.25, 0.3) is 0 Å². The molecule has 0 amide bonds. The van der Waals surface area contributed by atoms with E-state index in [1.54, 1.807) is 12.1 Å². The van der Waals surface area contributed by atoms with Crippen LogP contribution in [-0.2, 0) is 0 Å². The number of benzene rings is 1. The fraction of sp³-hybridized carbons (Fsp3) is 0.667. The molecule has 1 aromatic carbocycles. The highest BCUT2D eigenvalue weighted by Gasteiger charge is 2.41. The van der Waals surface area contributed by atoms with Crippen LogP contribution in [0.3, 0.4) is 0 Å². The summed E-state index contributed by atoms with van der Waals surface area (Å²) in [5.41, 5.74) is 2.14. The normalized spacial score (nSPS) is 20.3. The lowest BCUT2D eigenvalue weighted by Gasteiger charge is -2.46. The second-order valence-corrected chi connectivity index (χ2v) is 6.70. The Kier molecular flexibility index (Phi) is 5.39. The van der Waals surface area contributed by atoms with Gasteiger partial charge < -0.3 is 10.2 Å². The SMILES string of the molecule is CNC(c1cc(C)cc(F)c1)C1(N(C)C)CCCCCC1. The van der Waals surface area contributed by atoms with E-state index in [4.69, 9.17) is 0 Å². The average molecular weight is 292 g/mol. The monoisotopic (exact) mass is 292 g/mol. The van der Waals surface area contributed by atoms with E-state index in [-0.39, 0.29) is 17.4 Å². The third-order valence-corrected chi connectivity index (χ3v) is 5.08. The Balaban J connectivity index is 2.43. The number of nitrogens with one attached hydrogen (secondary N) is 1. The van der Waals surface area contributed by atoms with Gasteiger partial charge in [0.15, 0.2) is 0 Å². The average Bonchev–Trinajstić information content (AvgIpc) is 2.65. The van der Waals surface area contributed by atoms with Gasteiger partial charge in [0.25, 0.3) is 0 Å². The second-order valence-electron chi connectivity index (χ2n) is 6.70. The standard InChI is InChI=1S/C18H29FN2/c1-14-11-15(13-16(19)12-14)17(20-2)18(21(3)4)9-7-5-6-8-10-18/h11-13,17,20H,5-10H2,1-4H3. The van der Waals surface area contributed by atoms with Crippen LogP contribution in [0.5, 0.6) is 0 Å². The van der Waals surface area contributed by atoms with E-state index >= 15 is 0 Å². The van der Waals surface area contributed by atoms with Gasteiger partial charge in [0.05, 0.1) is 6.04 Å². The number of hydrogen-bond acceptors (Lipinski definition) is 2. The predicted octanol–water partition coefficient (Wildman–Crippen LogP) is 4.05. The Hall–Kier alpha value is -0.930. The van der Waals surface area contributed by atoms with Crippen molar-refractivity contribution in [3.63, 3.8) is 0 Å². The Labute approximate surface area is 128 Å². The lowest BCUT2D eigenvalue weighted by Crippen LogP contribution is -2.53. The molecular weight excluding hydrogens is 263 g/mol. The summed E-state index contributed by atoms with van der Waals surface area (Å²) in [6, 6.07) is 5.59. The maximum Gasteiger partial charge on any atom is 0.123 e. The summed E-state index contributed by atoms with van der Waals surface area (Å²) in [5.74, 6) is -0.132. The van der Waals surface area contributed by atoms with Crippen LogP contribution in [0.1, 0.15) is 55.7 Å². The molecule has 0 radical (unpaired) electrons. The molecule has 118 valence electrons. The van der Waals surface area contributed by atoms with Crippen LogP contribution in [0.4, 0.5) is 4.39 Å². The van der Waals surface area contributed by atoms with Crippen molar-refractivity contribution >= 4 is 0 Å². The van der Waals surface area contributed by atoms with Crippen LogP contribution in [0.2, 0.25) is 0 Å². The van der Waals surface area contributed by atoms with Crippen molar-refractivity contribution in [2.24, 2.45) is 0 Å². The van der Waals surface area contributed by atoms with Crippen molar-refractivity contribution in [1.82, 2.24) is 10.2 Å². The van der Waals surface area contributed by atoms with Gasteiger partial charge in [-0.05, 0) is 64.2 Å². The molecule has 1 aromatic rings. The molecule has 3 heteroatoms. The Bertz CT molecular complexity index is 442. The van der Waals surface area contributed by atoms with E-state index < -0.39 is 0 Å². The van der Waals surface area contributed by atoms with E-state index in [9.17, 15) is 4.39 Å². The minimum Gasteiger partial charge on any atom is -0.311 e. The number of rotatable bonds is 4. The topological polar surface area (TPSA) is 15.3 Å². The Morgan fingerprint density at radius 3 is 2.19 bits per heavy atom. The molecule has 0 spiro atoms. The van der Waals surface area contributed by atoms with Crippen molar-refractivity contribution in [2.45, 2.75) is 57.0 Å². The predicted molar refractivity (Wildman–Crippen MR) is 87.1 cm³/mol. The van der Waals surface area contributed by atoms with Gasteiger partial charge in [0.1, 0.15) is 5.82 Å². The van der Waals surface area contributed by atoms with Crippen molar-refractivity contribution in [1.29, 1.82) is 0 Å². The van der Waals surface area contributed by atoms with E-state index in [1.165, 1.54) is 38.5 Å². The zero-order valence-electron chi connectivity index (χ0n) is 13.9. The van der Waals surface area contributed by atoms with Crippen molar-refractivity contribution in [3.05, 3.63) is 35.1 Å². The summed E-state index contributed by atoms with van der Waals surface area (Å²) in [7, 11) is 6.34. The molecular formula is C18H29FN2. The molecule has 1 fully saturated rings. The molecule has 1 saturated carbocycles. The summed E-state index contributed by atoms with van der Waals surface area (Å²) in [6.45, 7) is 1.97. The molecule has 0 aliphatic heterocycles. The first-order chi connectivity index (χ1) is 9.99. The van der Waals surface area contributed by atoms with Crippen molar-refractivity contribution in [2.75, 3.05) is 21.1 Å². The van der Waals surface area contributed by atoms with Gasteiger partial charge in [-0.25, -0.2) is 4.39 Å². The summed E-state index contributed by atoms with van der Waals surface area (Å²) >= 11 is 0. The van der Waals surface area contributed by atoms with E-state index in [0.717, 1.165) is 11.1 Å². The van der Waals surface area contributed by atoms with Crippen LogP contribution < -0.4 is 5.32 Å². The van der Waals surface area contributed by atoms with Gasteiger partial charge in [-0.2, -0.15) is 0 Å². The molecule has 0 heterocycles. The van der Waals surface area contributed by atoms with E-state index in [1.807, 2.05) is 14.0 Å². The third-order valence-electron chi connectivity index (χ3n) is 5.08. The highest BCUT2D eigenvalue weighted by molar-refractivity contribution is 5.29. The van der Waals surface area contributed by atoms with Gasteiger partial charge in [0.2, 0.25) is 0 Å². The number of nitrogens with zero attached hydrogens (tertiary/aromatic N) is 1. The van der Waals surface area contributed by atoms with Crippen LogP contribution in [-0.4, -0.2) is 31.6 Å². The fourth-order valence-electron chi connectivity index (χ4n) is 4.01. The van der Waals surface area contributed by atoms with E-state index in [2.05, 4.69) is 30.4 Å². The molecule has 0 bridgehead atoms. The first-order valence-corrected chi connectivity index (χ1v) is 8.11. The van der Waals surface area contributed by atoms with Crippen molar-refractivity contribution in [3.8, 4) is 0 Å². The minimum absolute atomic E-state index is 0.0749. The number of hydrogen-bond donors (Lipinski definition) is 1. The van der Waals surface area contributed by atoms with Crippen LogP contribution >= 0.6 is 0 Å². The first kappa shape index (κ1) is 16.4. The molecule has 0 aromatic heterocycles. The van der Waals surface area contributed by atoms with Gasteiger partial charge in [-0.15, -0.1) is 0 Å². The molecule has 1 atom stereocenters. The summed E-state index contributed by atoms with van der Waals surface area (Å²) in [6.07, 6.45) is 7.47. The second kappa shape index (κ2) is 6.89. The van der Waals surface area contributed by atoms with Crippen LogP contribution in [0, 0.1) is 12.7 Å². The van der Waals surface area contributed by atoms with Gasteiger partial charge in [0, 0.05) is 5.54 Å². The molecule has 0 saturated heterocycles. The van der Waals surface area contributed by atoms with Gasteiger partial charge in [-0.1, -0.05) is 31.7 Å². The first-order valence-electron chi connectivity index (χ1n) is 8.11. The highest BCUT2D eigenvalue weighted by atomic mass is 19.1. The Morgan fingerprint density at radius 2 is 1.71 bits per heavy atom. The molecule has 1 aliphatic rings. The lowest BCUT2D eigenvalue weighted by molar-refractivity contribution is 0.0833. The maximum atomic E-state index is 13.9. The zero-order valence-corrected chi connectivity index (χ0v) is 13.9. The largest absolute Gasteiger partial charge is 0.311 e. The minimum atomic E-state index is -0.132. The Morgan fingerprint density at radius 1 is 1.10 bits per heavy atom.